The number of carbonyl (C=O) groups excluding carboxylic acids is 1. The maximum Gasteiger partial charge on any atom is 0.312 e. The van der Waals surface area contributed by atoms with Gasteiger partial charge in [-0.05, 0) is 63.1 Å². The lowest BCUT2D eigenvalue weighted by Crippen LogP contribution is -2.14. The molecule has 0 spiro atoms. The number of ketones is 1. The number of aliphatic imine (C=N–C) groups is 2. The van der Waals surface area contributed by atoms with E-state index in [2.05, 4.69) is 43.7 Å². The van der Waals surface area contributed by atoms with Crippen LogP contribution in [0.4, 0.5) is 13.2 Å². The molecule has 236 valence electrons. The summed E-state index contributed by atoms with van der Waals surface area (Å²) >= 11 is 0. The predicted molar refractivity (Wildman–Crippen MR) is 175 cm³/mol. The highest BCUT2D eigenvalue weighted by atomic mass is 19.3. The Balaban J connectivity index is -0.000000545. The normalized spacial score (nSPS) is 9.79. The zero-order valence-corrected chi connectivity index (χ0v) is 27.0. The fraction of sp³-hybridized carbons (Fsp3) is 0.441. The number of benzene rings is 2. The van der Waals surface area contributed by atoms with Crippen LogP contribution in [0.15, 0.2) is 65.6 Å². The molecule has 0 saturated heterocycles. The van der Waals surface area contributed by atoms with Crippen LogP contribution in [-0.4, -0.2) is 52.1 Å². The van der Waals surface area contributed by atoms with E-state index in [1.165, 1.54) is 13.1 Å². The fourth-order valence-electron chi connectivity index (χ4n) is 2.77. The van der Waals surface area contributed by atoms with Gasteiger partial charge in [0.25, 0.3) is 5.90 Å². The summed E-state index contributed by atoms with van der Waals surface area (Å²) in [5.41, 5.74) is 3.62. The van der Waals surface area contributed by atoms with Gasteiger partial charge in [0, 0.05) is 38.4 Å². The van der Waals surface area contributed by atoms with E-state index in [1.54, 1.807) is 26.1 Å². The maximum atomic E-state index is 13.5. The molecular weight excluding hydrogens is 541 g/mol. The zero-order chi connectivity index (χ0) is 33.1. The van der Waals surface area contributed by atoms with Crippen molar-refractivity contribution in [3.05, 3.63) is 83.7 Å². The Labute approximate surface area is 252 Å². The first-order valence-electron chi connectivity index (χ1n) is 14.0. The van der Waals surface area contributed by atoms with E-state index in [9.17, 15) is 18.0 Å². The Kier molecular flexibility index (Phi) is 28.3. The molecule has 5 nitrogen and oxygen atoms in total. The number of hydrogen-bond acceptors (Lipinski definition) is 5. The van der Waals surface area contributed by atoms with Gasteiger partial charge in [-0.1, -0.05) is 83.7 Å². The highest BCUT2D eigenvalue weighted by molar-refractivity contribution is 5.94. The zero-order valence-electron chi connectivity index (χ0n) is 27.0. The van der Waals surface area contributed by atoms with E-state index in [4.69, 9.17) is 9.47 Å². The largest absolute Gasteiger partial charge is 0.438 e. The second kappa shape index (κ2) is 27.6. The number of alkyl halides is 2. The molecule has 0 N–H and O–H groups in total. The molecule has 0 amide bonds. The Hall–Kier alpha value is -3.52. The van der Waals surface area contributed by atoms with Crippen LogP contribution >= 0.6 is 0 Å². The molecule has 0 fully saturated rings. The van der Waals surface area contributed by atoms with Crippen molar-refractivity contribution in [1.29, 1.82) is 0 Å². The number of allylic oxidation sites excluding steroid dienone is 1. The SMILES string of the molecule is C=C(C)c1cccc(C(C)=O)c1.C=C(OC(=NC)C(F)F)c1ccc(CC)c(F)c1.C=NC.CC.CCCOCCC. The second-order valence-electron chi connectivity index (χ2n) is 8.39. The van der Waals surface area contributed by atoms with Crippen molar-refractivity contribution in [3.8, 4) is 0 Å². The minimum atomic E-state index is -2.83. The lowest BCUT2D eigenvalue weighted by molar-refractivity contribution is 0.101. The predicted octanol–water partition coefficient (Wildman–Crippen LogP) is 9.76. The van der Waals surface area contributed by atoms with Gasteiger partial charge in [0.05, 0.1) is 0 Å². The van der Waals surface area contributed by atoms with E-state index in [0.29, 0.717) is 17.5 Å². The van der Waals surface area contributed by atoms with Crippen LogP contribution in [0, 0.1) is 5.82 Å². The highest BCUT2D eigenvalue weighted by Gasteiger charge is 2.16. The second-order valence-corrected chi connectivity index (χ2v) is 8.39. The van der Waals surface area contributed by atoms with Gasteiger partial charge in [0.1, 0.15) is 11.6 Å². The molecule has 0 unspecified atom stereocenters. The van der Waals surface area contributed by atoms with Crippen molar-refractivity contribution in [3.63, 3.8) is 0 Å². The maximum absolute atomic E-state index is 13.5. The average molecular weight is 593 g/mol. The summed E-state index contributed by atoms with van der Waals surface area (Å²) in [6.07, 6.45) is 0.00419. The van der Waals surface area contributed by atoms with Crippen LogP contribution in [0.25, 0.3) is 11.3 Å². The first kappa shape index (κ1) is 42.9. The average Bonchev–Trinajstić information content (AvgIpc) is 2.98. The molecule has 0 aliphatic heterocycles. The molecule has 0 radical (unpaired) electrons. The van der Waals surface area contributed by atoms with Gasteiger partial charge in [-0.15, -0.1) is 0 Å². The molecule has 2 aromatic rings. The van der Waals surface area contributed by atoms with E-state index in [0.717, 1.165) is 42.8 Å². The lowest BCUT2D eigenvalue weighted by atomic mass is 10.0. The van der Waals surface area contributed by atoms with Gasteiger partial charge in [-0.2, -0.15) is 8.78 Å². The van der Waals surface area contributed by atoms with E-state index >= 15 is 0 Å². The Morgan fingerprint density at radius 1 is 0.905 bits per heavy atom. The summed E-state index contributed by atoms with van der Waals surface area (Å²) < 4.78 is 48.3. The topological polar surface area (TPSA) is 60.2 Å². The fourth-order valence-corrected chi connectivity index (χ4v) is 2.77. The van der Waals surface area contributed by atoms with Gasteiger partial charge in [0.15, 0.2) is 5.78 Å². The minimum Gasteiger partial charge on any atom is -0.438 e. The Morgan fingerprint density at radius 2 is 1.43 bits per heavy atom. The van der Waals surface area contributed by atoms with E-state index in [1.807, 2.05) is 52.0 Å². The number of carbonyl (C=O) groups is 1. The smallest absolute Gasteiger partial charge is 0.312 e. The molecule has 0 bridgehead atoms. The Morgan fingerprint density at radius 3 is 1.81 bits per heavy atom. The number of hydrogen-bond donors (Lipinski definition) is 0. The third-order valence-electron chi connectivity index (χ3n) is 4.85. The number of aryl methyl sites for hydroxylation is 1. The van der Waals surface area contributed by atoms with E-state index in [-0.39, 0.29) is 11.5 Å². The lowest BCUT2D eigenvalue weighted by Gasteiger charge is -2.11. The van der Waals surface area contributed by atoms with Crippen LogP contribution in [-0.2, 0) is 15.9 Å². The van der Waals surface area contributed by atoms with Crippen LogP contribution in [0.3, 0.4) is 0 Å². The quantitative estimate of drug-likeness (QED) is 0.0907. The molecule has 42 heavy (non-hydrogen) atoms. The van der Waals surface area contributed by atoms with Crippen molar-refractivity contribution in [2.24, 2.45) is 9.98 Å². The molecule has 8 heteroatoms. The molecule has 0 heterocycles. The molecule has 0 saturated carbocycles. The highest BCUT2D eigenvalue weighted by Crippen LogP contribution is 2.19. The molecule has 2 rings (SSSR count). The first-order valence-corrected chi connectivity index (χ1v) is 14.0. The standard InChI is InChI=1S/C13H14F3NO.C11H12O.C6H14O.C2H5N.C2H6/c1-4-9-5-6-10(7-11(9)14)8(2)18-13(17-3)12(15)16;1-8(2)10-5-4-6-11(7-10)9(3)12;1-3-5-7-6-4-2;1-3-2;1-2/h5-7,12H,2,4H2,1,3H3;4-7H,1H2,2-3H3;3-6H2,1-2H3;1H2,2H3;1-2H3. The number of Topliss-reactive ketones (excluding diaryl/α,β-unsaturated/α-hetero) is 1. The summed E-state index contributed by atoms with van der Waals surface area (Å²) in [6.45, 7) is 25.8. The summed E-state index contributed by atoms with van der Waals surface area (Å²) in [7, 11) is 2.83. The van der Waals surface area contributed by atoms with Gasteiger partial charge < -0.3 is 14.5 Å². The summed E-state index contributed by atoms with van der Waals surface area (Å²) in [5.74, 6) is -1.11. The van der Waals surface area contributed by atoms with Crippen LogP contribution in [0.2, 0.25) is 0 Å². The monoisotopic (exact) mass is 592 g/mol. The van der Waals surface area contributed by atoms with Crippen molar-refractivity contribution in [2.45, 2.75) is 74.2 Å². The molecule has 0 aliphatic rings. The minimum absolute atomic E-state index is 0.0579. The van der Waals surface area contributed by atoms with Crippen molar-refractivity contribution in [1.82, 2.24) is 0 Å². The third kappa shape index (κ3) is 20.4. The van der Waals surface area contributed by atoms with Crippen molar-refractivity contribution in [2.75, 3.05) is 27.3 Å². The van der Waals surface area contributed by atoms with Gasteiger partial charge in [-0.25, -0.2) is 4.39 Å². The van der Waals surface area contributed by atoms with Gasteiger partial charge in [-0.3, -0.25) is 9.79 Å². The molecular formula is C34H51F3N2O3. The van der Waals surface area contributed by atoms with Crippen molar-refractivity contribution >= 4 is 29.7 Å². The van der Waals surface area contributed by atoms with Crippen LogP contribution in [0.1, 0.15) is 88.4 Å². The Bertz CT molecular complexity index is 1050. The van der Waals surface area contributed by atoms with E-state index < -0.39 is 18.1 Å². The molecule has 0 aliphatic carbocycles. The molecule has 0 atom stereocenters. The molecule has 2 aromatic carbocycles. The van der Waals surface area contributed by atoms with Crippen molar-refractivity contribution < 1.29 is 27.4 Å². The summed E-state index contributed by atoms with van der Waals surface area (Å²) in [6, 6.07) is 11.9. The van der Waals surface area contributed by atoms with Gasteiger partial charge >= 0.3 is 6.43 Å². The van der Waals surface area contributed by atoms with Crippen LogP contribution in [0.5, 0.6) is 0 Å². The number of ether oxygens (including phenoxy) is 2. The van der Waals surface area contributed by atoms with Crippen LogP contribution < -0.4 is 0 Å². The number of halogens is 3. The summed E-state index contributed by atoms with van der Waals surface area (Å²) in [4.78, 5) is 17.5. The molecule has 0 aromatic heterocycles. The number of rotatable bonds is 10. The first-order chi connectivity index (χ1) is 19.9. The van der Waals surface area contributed by atoms with Gasteiger partial charge in [0.2, 0.25) is 0 Å². The summed E-state index contributed by atoms with van der Waals surface area (Å²) in [5, 5.41) is 0. The number of nitrogens with zero attached hydrogens (tertiary/aromatic N) is 2. The third-order valence-corrected chi connectivity index (χ3v) is 4.85.